The molecule has 1 fully saturated rings. The third-order valence-corrected chi connectivity index (χ3v) is 7.91. The molecule has 0 unspecified atom stereocenters. The number of aromatic nitrogens is 1. The van der Waals surface area contributed by atoms with Crippen LogP contribution in [0.15, 0.2) is 82.1 Å². The Labute approximate surface area is 234 Å². The predicted molar refractivity (Wildman–Crippen MR) is 155 cm³/mol. The molecule has 5 rings (SSSR count). The molecule has 1 amide bonds. The van der Waals surface area contributed by atoms with Crippen LogP contribution in [0.4, 0.5) is 0 Å². The van der Waals surface area contributed by atoms with Gasteiger partial charge in [-0.15, -0.1) is 5.11 Å². The molecule has 2 aromatic carbocycles. The molecule has 2 heterocycles. The number of amides is 1. The Morgan fingerprint density at radius 1 is 0.925 bits per heavy atom. The van der Waals surface area contributed by atoms with Crippen LogP contribution in [0.3, 0.4) is 0 Å². The minimum Gasteiger partial charge on any atom is -0.479 e. The lowest BCUT2D eigenvalue weighted by atomic mass is 9.79. The van der Waals surface area contributed by atoms with Crippen molar-refractivity contribution in [3.05, 3.63) is 78.1 Å². The van der Waals surface area contributed by atoms with E-state index in [9.17, 15) is 14.7 Å². The molecule has 40 heavy (non-hydrogen) atoms. The zero-order valence-electron chi connectivity index (χ0n) is 22.9. The van der Waals surface area contributed by atoms with Crippen LogP contribution in [0.5, 0.6) is 0 Å². The fraction of sp³-hybridized carbons (Fsp3) is 0.375. The minimum absolute atomic E-state index is 0.112. The average Bonchev–Trinajstić information content (AvgIpc) is 3.54. The van der Waals surface area contributed by atoms with Gasteiger partial charge in [0.25, 0.3) is 0 Å². The highest BCUT2D eigenvalue weighted by Gasteiger charge is 2.47. The van der Waals surface area contributed by atoms with Gasteiger partial charge < -0.3 is 10.0 Å². The predicted octanol–water partition coefficient (Wildman–Crippen LogP) is 6.89. The van der Waals surface area contributed by atoms with Gasteiger partial charge in [-0.05, 0) is 54.2 Å². The first-order valence-electron chi connectivity index (χ1n) is 14.1. The van der Waals surface area contributed by atoms with Crippen LogP contribution in [0.1, 0.15) is 69.5 Å². The van der Waals surface area contributed by atoms with Crippen LogP contribution in [-0.4, -0.2) is 44.9 Å². The number of azo groups is 1. The fourth-order valence-corrected chi connectivity index (χ4v) is 5.67. The van der Waals surface area contributed by atoms with E-state index < -0.39 is 11.5 Å². The number of hydrogen-bond acceptors (Lipinski definition) is 6. The normalized spacial score (nSPS) is 16.0. The molecule has 8 nitrogen and oxygen atoms in total. The molecule has 0 spiro atoms. The summed E-state index contributed by atoms with van der Waals surface area (Å²) < 4.78 is 0. The summed E-state index contributed by atoms with van der Waals surface area (Å²) in [6, 6.07) is 20.2. The van der Waals surface area contributed by atoms with Crippen molar-refractivity contribution in [2.24, 2.45) is 15.2 Å². The first-order chi connectivity index (χ1) is 19.5. The van der Waals surface area contributed by atoms with Crippen molar-refractivity contribution in [2.45, 2.75) is 70.4 Å². The summed E-state index contributed by atoms with van der Waals surface area (Å²) in [5, 5.41) is 18.6. The molecule has 3 aromatic rings. The third kappa shape index (κ3) is 5.71. The molecule has 0 bridgehead atoms. The SMILES string of the molecule is CCCCC(=O)N(Cc1ccc(-c2cc(-c3ccccc3)ccc2C2=NCN=N2)cn1)C1(C(=O)O)CCCCC1. The molecule has 0 atom stereocenters. The first kappa shape index (κ1) is 27.4. The number of aliphatic carboxylic acids is 1. The Hall–Kier alpha value is -4.20. The van der Waals surface area contributed by atoms with Crippen molar-refractivity contribution in [3.63, 3.8) is 0 Å². The van der Waals surface area contributed by atoms with E-state index in [0.29, 0.717) is 37.5 Å². The van der Waals surface area contributed by atoms with Crippen molar-refractivity contribution in [1.29, 1.82) is 0 Å². The summed E-state index contributed by atoms with van der Waals surface area (Å²) in [5.74, 6) is -0.436. The number of carbonyl (C=O) groups excluding carboxylic acids is 1. The van der Waals surface area contributed by atoms with Crippen LogP contribution >= 0.6 is 0 Å². The fourth-order valence-electron chi connectivity index (χ4n) is 5.67. The van der Waals surface area contributed by atoms with Gasteiger partial charge in [-0.25, -0.2) is 9.79 Å². The van der Waals surface area contributed by atoms with E-state index >= 15 is 0 Å². The van der Waals surface area contributed by atoms with Crippen molar-refractivity contribution in [2.75, 3.05) is 6.67 Å². The highest BCUT2D eigenvalue weighted by atomic mass is 16.4. The van der Waals surface area contributed by atoms with Gasteiger partial charge in [-0.3, -0.25) is 9.78 Å². The molecule has 206 valence electrons. The highest BCUT2D eigenvalue weighted by Crippen LogP contribution is 2.36. The van der Waals surface area contributed by atoms with Gasteiger partial charge in [0.1, 0.15) is 5.54 Å². The second kappa shape index (κ2) is 12.3. The summed E-state index contributed by atoms with van der Waals surface area (Å²) in [7, 11) is 0. The summed E-state index contributed by atoms with van der Waals surface area (Å²) in [6.45, 7) is 2.53. The van der Waals surface area contributed by atoms with Crippen LogP contribution in [0, 0.1) is 0 Å². The minimum atomic E-state index is -1.17. The molecular weight excluding hydrogens is 502 g/mol. The van der Waals surface area contributed by atoms with Crippen LogP contribution in [0.2, 0.25) is 0 Å². The largest absolute Gasteiger partial charge is 0.479 e. The van der Waals surface area contributed by atoms with Gasteiger partial charge >= 0.3 is 5.97 Å². The van der Waals surface area contributed by atoms with E-state index in [1.165, 1.54) is 0 Å². The van der Waals surface area contributed by atoms with Gasteiger partial charge in [-0.2, -0.15) is 5.11 Å². The number of nitrogens with zero attached hydrogens (tertiary/aromatic N) is 5. The van der Waals surface area contributed by atoms with Gasteiger partial charge in [-0.1, -0.05) is 75.1 Å². The number of amidine groups is 1. The number of pyridine rings is 1. The molecule has 8 heteroatoms. The summed E-state index contributed by atoms with van der Waals surface area (Å²) in [4.78, 5) is 36.7. The summed E-state index contributed by atoms with van der Waals surface area (Å²) in [5.41, 5.74) is 4.35. The standard InChI is InChI=1S/C32H35N5O3/c1-2-3-12-29(38)37(32(31(39)40)17-8-5-9-18-32)21-26-15-13-25(20-33-26)28-19-24(23-10-6-4-7-11-23)14-16-27(28)30-34-22-35-36-30/h4,6-7,10-11,13-16,19-20H,2-3,5,8-9,12,17-18,21-22H2,1H3,(H,39,40). The van der Waals surface area contributed by atoms with E-state index in [1.807, 2.05) is 43.3 Å². The van der Waals surface area contributed by atoms with Crippen molar-refractivity contribution < 1.29 is 14.7 Å². The van der Waals surface area contributed by atoms with Crippen molar-refractivity contribution in [3.8, 4) is 22.3 Å². The van der Waals surface area contributed by atoms with Gasteiger partial charge in [0.15, 0.2) is 12.5 Å². The van der Waals surface area contributed by atoms with E-state index in [4.69, 9.17) is 4.98 Å². The second-order valence-corrected chi connectivity index (χ2v) is 10.5. The maximum Gasteiger partial charge on any atom is 0.329 e. The van der Waals surface area contributed by atoms with E-state index in [1.54, 1.807) is 11.1 Å². The maximum atomic E-state index is 13.4. The average molecular weight is 538 g/mol. The molecule has 0 radical (unpaired) electrons. The number of carbonyl (C=O) groups is 2. The Balaban J connectivity index is 1.48. The first-order valence-corrected chi connectivity index (χ1v) is 14.1. The maximum absolute atomic E-state index is 13.4. The van der Waals surface area contributed by atoms with E-state index in [2.05, 4.69) is 39.5 Å². The second-order valence-electron chi connectivity index (χ2n) is 10.5. The third-order valence-electron chi connectivity index (χ3n) is 7.91. The van der Waals surface area contributed by atoms with Crippen LogP contribution < -0.4 is 0 Å². The lowest BCUT2D eigenvalue weighted by molar-refractivity contribution is -0.163. The number of unbranched alkanes of at least 4 members (excludes halogenated alkanes) is 1. The van der Waals surface area contributed by atoms with Crippen LogP contribution in [-0.2, 0) is 16.1 Å². The molecule has 1 aliphatic heterocycles. The smallest absolute Gasteiger partial charge is 0.329 e. The monoisotopic (exact) mass is 537 g/mol. The van der Waals surface area contributed by atoms with E-state index in [-0.39, 0.29) is 12.5 Å². The van der Waals surface area contributed by atoms with Gasteiger partial charge in [0, 0.05) is 23.7 Å². The molecule has 1 N–H and O–H groups in total. The molecule has 0 saturated heterocycles. The Morgan fingerprint density at radius 2 is 1.70 bits per heavy atom. The Kier molecular flexibility index (Phi) is 8.43. The molecule has 2 aliphatic rings. The molecule has 1 saturated carbocycles. The number of aliphatic imine (C=N–C) groups is 1. The Morgan fingerprint density at radius 3 is 2.35 bits per heavy atom. The molecule has 1 aliphatic carbocycles. The topological polar surface area (TPSA) is 108 Å². The zero-order valence-corrected chi connectivity index (χ0v) is 22.9. The van der Waals surface area contributed by atoms with Crippen molar-refractivity contribution in [1.82, 2.24) is 9.88 Å². The number of rotatable bonds is 10. The van der Waals surface area contributed by atoms with Gasteiger partial charge in [0.2, 0.25) is 5.91 Å². The molecular formula is C32H35N5O3. The van der Waals surface area contributed by atoms with Crippen LogP contribution in [0.25, 0.3) is 22.3 Å². The van der Waals surface area contributed by atoms with Crippen molar-refractivity contribution >= 4 is 17.7 Å². The lowest BCUT2D eigenvalue weighted by Gasteiger charge is -2.43. The number of benzene rings is 2. The summed E-state index contributed by atoms with van der Waals surface area (Å²) >= 11 is 0. The molecule has 1 aromatic heterocycles. The Bertz CT molecular complexity index is 1410. The zero-order chi connectivity index (χ0) is 28.0. The number of carboxylic acid groups (broad SMARTS) is 1. The summed E-state index contributed by atoms with van der Waals surface area (Å²) in [6.07, 6.45) is 7.30. The quantitative estimate of drug-likeness (QED) is 0.304. The highest BCUT2D eigenvalue weighted by molar-refractivity contribution is 6.06. The number of hydrogen-bond donors (Lipinski definition) is 1. The number of carboxylic acids is 1. The lowest BCUT2D eigenvalue weighted by Crippen LogP contribution is -2.57. The van der Waals surface area contributed by atoms with Gasteiger partial charge in [0.05, 0.1) is 12.2 Å². The van der Waals surface area contributed by atoms with E-state index in [0.717, 1.165) is 59.9 Å².